The van der Waals surface area contributed by atoms with E-state index in [0.717, 1.165) is 12.1 Å². The van der Waals surface area contributed by atoms with Gasteiger partial charge in [-0.2, -0.15) is 18.4 Å². The largest absolute Gasteiger partial charge is 0.490 e. The van der Waals surface area contributed by atoms with Gasteiger partial charge in [-0.15, -0.1) is 0 Å². The molecular weight excluding hydrogens is 605 g/mol. The molecule has 0 bridgehead atoms. The van der Waals surface area contributed by atoms with Crippen LogP contribution in [0.1, 0.15) is 18.1 Å². The SMILES string of the molecule is CCOc1cc(/C=C(\C#N)C(=O)Nc2cccc([N+](=O)[O-])c2)cc(Br)c1Oc1ccc(C(F)(F)F)cc1[N+](=O)[O-]. The highest BCUT2D eigenvalue weighted by Crippen LogP contribution is 2.44. The zero-order valence-electron chi connectivity index (χ0n) is 20.2. The lowest BCUT2D eigenvalue weighted by atomic mass is 10.1. The minimum atomic E-state index is -4.81. The van der Waals surface area contributed by atoms with Gasteiger partial charge in [0, 0.05) is 23.9 Å². The van der Waals surface area contributed by atoms with E-state index in [-0.39, 0.29) is 45.1 Å². The molecular formula is C25H16BrF3N4O7. The van der Waals surface area contributed by atoms with E-state index in [1.807, 2.05) is 0 Å². The predicted octanol–water partition coefficient (Wildman–Crippen LogP) is 7.02. The van der Waals surface area contributed by atoms with Gasteiger partial charge < -0.3 is 14.8 Å². The Balaban J connectivity index is 1.97. The minimum absolute atomic E-state index is 0.00583. The summed E-state index contributed by atoms with van der Waals surface area (Å²) >= 11 is 3.23. The molecule has 0 radical (unpaired) electrons. The number of nitrogens with one attached hydrogen (secondary N) is 1. The second-order valence-corrected chi connectivity index (χ2v) is 8.59. The molecule has 15 heteroatoms. The number of carbonyl (C=O) groups is 1. The van der Waals surface area contributed by atoms with Gasteiger partial charge in [0.2, 0.25) is 5.75 Å². The third kappa shape index (κ3) is 7.11. The number of nitro groups is 2. The van der Waals surface area contributed by atoms with Crippen LogP contribution in [-0.2, 0) is 11.0 Å². The van der Waals surface area contributed by atoms with Crippen LogP contribution >= 0.6 is 15.9 Å². The summed E-state index contributed by atoms with van der Waals surface area (Å²) in [5, 5.41) is 34.3. The Kier molecular flexibility index (Phi) is 9.07. The van der Waals surface area contributed by atoms with Crippen molar-refractivity contribution >= 4 is 45.0 Å². The molecule has 0 saturated heterocycles. The second kappa shape index (κ2) is 12.3. The lowest BCUT2D eigenvalue weighted by Gasteiger charge is -2.15. The van der Waals surface area contributed by atoms with Gasteiger partial charge in [-0.3, -0.25) is 25.0 Å². The molecule has 1 N–H and O–H groups in total. The van der Waals surface area contributed by atoms with Crippen molar-refractivity contribution in [2.45, 2.75) is 13.1 Å². The summed E-state index contributed by atoms with van der Waals surface area (Å²) in [7, 11) is 0. The molecule has 1 amide bonds. The quantitative estimate of drug-likeness (QED) is 0.116. The molecule has 0 spiro atoms. The van der Waals surface area contributed by atoms with Crippen molar-refractivity contribution in [3.05, 3.63) is 96.0 Å². The Bertz CT molecular complexity index is 1570. The molecule has 3 aromatic carbocycles. The molecule has 0 aromatic heterocycles. The summed E-state index contributed by atoms with van der Waals surface area (Å²) in [5.74, 6) is -1.47. The highest BCUT2D eigenvalue weighted by Gasteiger charge is 2.33. The fourth-order valence-electron chi connectivity index (χ4n) is 3.28. The van der Waals surface area contributed by atoms with Crippen molar-refractivity contribution in [1.82, 2.24) is 0 Å². The van der Waals surface area contributed by atoms with Gasteiger partial charge in [0.25, 0.3) is 11.6 Å². The Morgan fingerprint density at radius 1 is 1.10 bits per heavy atom. The number of halogens is 4. The van der Waals surface area contributed by atoms with Crippen LogP contribution < -0.4 is 14.8 Å². The van der Waals surface area contributed by atoms with Crippen LogP contribution in [0, 0.1) is 31.6 Å². The third-order valence-corrected chi connectivity index (χ3v) is 5.61. The number of benzene rings is 3. The van der Waals surface area contributed by atoms with Gasteiger partial charge in [-0.1, -0.05) is 6.07 Å². The summed E-state index contributed by atoms with van der Waals surface area (Å²) in [6.07, 6.45) is -3.63. The highest BCUT2D eigenvalue weighted by molar-refractivity contribution is 9.10. The molecule has 0 saturated carbocycles. The average Bonchev–Trinajstić information content (AvgIpc) is 2.88. The van der Waals surface area contributed by atoms with Crippen LogP contribution in [0.4, 0.5) is 30.2 Å². The number of nitrogens with zero attached hydrogens (tertiary/aromatic N) is 3. The van der Waals surface area contributed by atoms with Gasteiger partial charge in [0.05, 0.1) is 26.5 Å². The number of non-ortho nitro benzene ring substituents is 1. The fourth-order valence-corrected chi connectivity index (χ4v) is 3.82. The van der Waals surface area contributed by atoms with Crippen molar-refractivity contribution in [3.63, 3.8) is 0 Å². The van der Waals surface area contributed by atoms with Crippen LogP contribution in [0.5, 0.6) is 17.2 Å². The lowest BCUT2D eigenvalue weighted by Crippen LogP contribution is -2.13. The molecule has 0 atom stereocenters. The number of alkyl halides is 3. The topological polar surface area (TPSA) is 158 Å². The van der Waals surface area contributed by atoms with Gasteiger partial charge in [-0.05, 0) is 64.8 Å². The number of amides is 1. The molecule has 0 unspecified atom stereocenters. The summed E-state index contributed by atoms with van der Waals surface area (Å²) in [6.45, 7) is 1.71. The second-order valence-electron chi connectivity index (χ2n) is 7.73. The fraction of sp³-hybridized carbons (Fsp3) is 0.120. The smallest absolute Gasteiger partial charge is 0.416 e. The predicted molar refractivity (Wildman–Crippen MR) is 139 cm³/mol. The van der Waals surface area contributed by atoms with Gasteiger partial charge >= 0.3 is 11.9 Å². The number of anilines is 1. The first-order valence-electron chi connectivity index (χ1n) is 11.0. The number of carbonyl (C=O) groups excluding carboxylic acids is 1. The van der Waals surface area contributed by atoms with Crippen LogP contribution in [0.3, 0.4) is 0 Å². The number of hydrogen-bond acceptors (Lipinski definition) is 8. The van der Waals surface area contributed by atoms with E-state index in [1.165, 1.54) is 36.4 Å². The maximum Gasteiger partial charge on any atom is 0.416 e. The summed E-state index contributed by atoms with van der Waals surface area (Å²) in [5.41, 5.74) is -2.49. The van der Waals surface area contributed by atoms with Crippen LogP contribution in [-0.4, -0.2) is 22.4 Å². The van der Waals surface area contributed by atoms with Crippen molar-refractivity contribution in [2.24, 2.45) is 0 Å². The first-order valence-corrected chi connectivity index (χ1v) is 11.8. The first kappa shape index (κ1) is 29.6. The molecule has 3 aromatic rings. The highest BCUT2D eigenvalue weighted by atomic mass is 79.9. The number of ether oxygens (including phenoxy) is 2. The molecule has 0 heterocycles. The Hall–Kier alpha value is -4.97. The van der Waals surface area contributed by atoms with Crippen molar-refractivity contribution < 1.29 is 37.3 Å². The normalized spacial score (nSPS) is 11.3. The number of hydrogen-bond donors (Lipinski definition) is 1. The molecule has 0 aliphatic rings. The van der Waals surface area contributed by atoms with Gasteiger partial charge in [-0.25, -0.2) is 0 Å². The summed E-state index contributed by atoms with van der Waals surface area (Å²) < 4.78 is 50.4. The number of rotatable bonds is 9. The van der Waals surface area contributed by atoms with Crippen molar-refractivity contribution in [1.29, 1.82) is 5.26 Å². The van der Waals surface area contributed by atoms with E-state index >= 15 is 0 Å². The molecule has 0 aliphatic carbocycles. The maximum absolute atomic E-state index is 13.1. The molecule has 0 fully saturated rings. The Labute approximate surface area is 231 Å². The van der Waals surface area contributed by atoms with E-state index in [1.54, 1.807) is 13.0 Å². The zero-order chi connectivity index (χ0) is 29.6. The van der Waals surface area contributed by atoms with E-state index < -0.39 is 38.9 Å². The summed E-state index contributed by atoms with van der Waals surface area (Å²) in [4.78, 5) is 33.4. The number of nitriles is 1. The molecule has 0 aliphatic heterocycles. The first-order chi connectivity index (χ1) is 18.8. The van der Waals surface area contributed by atoms with Gasteiger partial charge in [0.15, 0.2) is 11.5 Å². The lowest BCUT2D eigenvalue weighted by molar-refractivity contribution is -0.385. The van der Waals surface area contributed by atoms with Crippen LogP contribution in [0.2, 0.25) is 0 Å². The average molecular weight is 621 g/mol. The standard InChI is InChI=1S/C25H16BrF3N4O7/c1-2-39-22-10-14(8-15(13-30)24(34)31-17-4-3-5-18(12-17)32(35)36)9-19(26)23(22)40-21-7-6-16(25(27,28)29)11-20(21)33(37)38/h3-12H,2H2,1H3,(H,31,34)/b15-8+. The third-order valence-electron chi connectivity index (χ3n) is 5.02. The molecule has 40 heavy (non-hydrogen) atoms. The van der Waals surface area contributed by atoms with E-state index in [0.29, 0.717) is 12.1 Å². The van der Waals surface area contributed by atoms with Crippen molar-refractivity contribution in [2.75, 3.05) is 11.9 Å². The van der Waals surface area contributed by atoms with Crippen LogP contribution in [0.15, 0.2) is 64.6 Å². The monoisotopic (exact) mass is 620 g/mol. The van der Waals surface area contributed by atoms with Gasteiger partial charge in [0.1, 0.15) is 11.6 Å². The van der Waals surface area contributed by atoms with Crippen molar-refractivity contribution in [3.8, 4) is 23.3 Å². The number of nitro benzene ring substituents is 2. The van der Waals surface area contributed by atoms with Crippen LogP contribution in [0.25, 0.3) is 6.08 Å². The Morgan fingerprint density at radius 3 is 2.42 bits per heavy atom. The van der Waals surface area contributed by atoms with E-state index in [2.05, 4.69) is 21.2 Å². The minimum Gasteiger partial charge on any atom is -0.490 e. The summed E-state index contributed by atoms with van der Waals surface area (Å²) in [6, 6.07) is 11.3. The Morgan fingerprint density at radius 2 is 1.82 bits per heavy atom. The maximum atomic E-state index is 13.1. The molecule has 3 rings (SSSR count). The van der Waals surface area contributed by atoms with E-state index in [4.69, 9.17) is 9.47 Å². The zero-order valence-corrected chi connectivity index (χ0v) is 21.8. The molecule has 11 nitrogen and oxygen atoms in total. The molecule has 206 valence electrons. The van der Waals surface area contributed by atoms with E-state index in [9.17, 15) is 43.5 Å².